The molecule has 0 bridgehead atoms. The first-order valence-electron chi connectivity index (χ1n) is 6.52. The second kappa shape index (κ2) is 6.91. The van der Waals surface area contributed by atoms with Crippen molar-refractivity contribution in [2.24, 2.45) is 0 Å². The van der Waals surface area contributed by atoms with E-state index in [4.69, 9.17) is 17.3 Å². The Balaban J connectivity index is 2.34. The molecular formula is C13H16BrClN6. The van der Waals surface area contributed by atoms with Crippen LogP contribution in [0.2, 0.25) is 5.02 Å². The van der Waals surface area contributed by atoms with Crippen LogP contribution in [0, 0.1) is 0 Å². The third-order valence-electron chi connectivity index (χ3n) is 2.89. The highest BCUT2D eigenvalue weighted by atomic mass is 79.9. The first kappa shape index (κ1) is 15.8. The van der Waals surface area contributed by atoms with Gasteiger partial charge in [-0.2, -0.15) is 15.0 Å². The Morgan fingerprint density at radius 3 is 2.62 bits per heavy atom. The summed E-state index contributed by atoms with van der Waals surface area (Å²) in [6, 6.07) is 5.50. The standard InChI is InChI=1S/C13H16BrClN6/c1-3-21(4-2)13-19-11(16)18-12(20-13)17-9-7-5-6-8(15)10(9)14/h5-7H,3-4H2,1-2H3,(H3,16,17,18,19,20). The zero-order chi connectivity index (χ0) is 15.4. The van der Waals surface area contributed by atoms with Crippen molar-refractivity contribution in [2.45, 2.75) is 13.8 Å². The Morgan fingerprint density at radius 1 is 1.24 bits per heavy atom. The molecule has 0 saturated carbocycles. The minimum atomic E-state index is 0.174. The van der Waals surface area contributed by atoms with Crippen molar-refractivity contribution in [3.63, 3.8) is 0 Å². The lowest BCUT2D eigenvalue weighted by atomic mass is 10.3. The van der Waals surface area contributed by atoms with Crippen molar-refractivity contribution in [2.75, 3.05) is 29.0 Å². The molecule has 2 aromatic rings. The number of hydrogen-bond acceptors (Lipinski definition) is 6. The zero-order valence-electron chi connectivity index (χ0n) is 11.8. The summed E-state index contributed by atoms with van der Waals surface area (Å²) < 4.78 is 0.745. The normalized spacial score (nSPS) is 10.5. The van der Waals surface area contributed by atoms with Gasteiger partial charge in [-0.15, -0.1) is 0 Å². The van der Waals surface area contributed by atoms with Gasteiger partial charge in [0.05, 0.1) is 15.2 Å². The number of anilines is 4. The van der Waals surface area contributed by atoms with Crippen molar-refractivity contribution < 1.29 is 0 Å². The third-order valence-corrected chi connectivity index (χ3v) is 4.28. The molecule has 0 amide bonds. The van der Waals surface area contributed by atoms with E-state index >= 15 is 0 Å². The topological polar surface area (TPSA) is 80.0 Å². The number of nitrogens with two attached hydrogens (primary N) is 1. The quantitative estimate of drug-likeness (QED) is 0.838. The van der Waals surface area contributed by atoms with E-state index in [1.54, 1.807) is 6.07 Å². The fraction of sp³-hybridized carbons (Fsp3) is 0.308. The molecule has 3 N–H and O–H groups in total. The number of nitrogens with one attached hydrogen (secondary N) is 1. The summed E-state index contributed by atoms with van der Waals surface area (Å²) in [6.45, 7) is 5.65. The molecule has 0 atom stereocenters. The Labute approximate surface area is 136 Å². The maximum Gasteiger partial charge on any atom is 0.233 e. The number of halogens is 2. The van der Waals surface area contributed by atoms with Gasteiger partial charge in [0.1, 0.15) is 0 Å². The van der Waals surface area contributed by atoms with Gasteiger partial charge < -0.3 is 16.0 Å². The fourth-order valence-electron chi connectivity index (χ4n) is 1.81. The molecule has 0 aliphatic heterocycles. The summed E-state index contributed by atoms with van der Waals surface area (Å²) in [6.07, 6.45) is 0. The Kier molecular flexibility index (Phi) is 5.19. The van der Waals surface area contributed by atoms with Gasteiger partial charge in [0.25, 0.3) is 0 Å². The van der Waals surface area contributed by atoms with Crippen molar-refractivity contribution in [1.82, 2.24) is 15.0 Å². The van der Waals surface area contributed by atoms with Crippen LogP contribution in [0.3, 0.4) is 0 Å². The van der Waals surface area contributed by atoms with E-state index < -0.39 is 0 Å². The molecule has 0 aliphatic rings. The molecule has 21 heavy (non-hydrogen) atoms. The van der Waals surface area contributed by atoms with Crippen LogP contribution in [0.15, 0.2) is 22.7 Å². The number of benzene rings is 1. The second-order valence-corrected chi connectivity index (χ2v) is 5.42. The Hall–Kier alpha value is -1.60. The Bertz CT molecular complexity index is 632. The van der Waals surface area contributed by atoms with Gasteiger partial charge in [0, 0.05) is 13.1 Å². The summed E-state index contributed by atoms with van der Waals surface area (Å²) in [5, 5.41) is 3.70. The third kappa shape index (κ3) is 3.74. The molecule has 0 saturated heterocycles. The highest BCUT2D eigenvalue weighted by Crippen LogP contribution is 2.31. The van der Waals surface area contributed by atoms with Crippen LogP contribution in [-0.4, -0.2) is 28.0 Å². The lowest BCUT2D eigenvalue weighted by Crippen LogP contribution is -2.25. The van der Waals surface area contributed by atoms with E-state index in [-0.39, 0.29) is 5.95 Å². The molecule has 0 unspecified atom stereocenters. The molecule has 0 spiro atoms. The number of aromatic nitrogens is 3. The van der Waals surface area contributed by atoms with Crippen LogP contribution in [-0.2, 0) is 0 Å². The molecular weight excluding hydrogens is 356 g/mol. The Morgan fingerprint density at radius 2 is 1.95 bits per heavy atom. The zero-order valence-corrected chi connectivity index (χ0v) is 14.1. The van der Waals surface area contributed by atoms with Crippen molar-refractivity contribution >= 4 is 51.1 Å². The van der Waals surface area contributed by atoms with Crippen LogP contribution < -0.4 is 16.0 Å². The average Bonchev–Trinajstić information content (AvgIpc) is 2.45. The van der Waals surface area contributed by atoms with Gasteiger partial charge >= 0.3 is 0 Å². The first-order chi connectivity index (χ1) is 10.0. The van der Waals surface area contributed by atoms with E-state index in [0.29, 0.717) is 16.9 Å². The molecule has 1 aromatic heterocycles. The second-order valence-electron chi connectivity index (χ2n) is 4.22. The summed E-state index contributed by atoms with van der Waals surface area (Å²) in [5.74, 6) is 1.10. The predicted molar refractivity (Wildman–Crippen MR) is 90.2 cm³/mol. The van der Waals surface area contributed by atoms with Crippen LogP contribution in [0.25, 0.3) is 0 Å². The molecule has 0 fully saturated rings. The van der Waals surface area contributed by atoms with E-state index in [0.717, 1.165) is 23.2 Å². The number of hydrogen-bond donors (Lipinski definition) is 2. The van der Waals surface area contributed by atoms with Gasteiger partial charge in [0.15, 0.2) is 0 Å². The first-order valence-corrected chi connectivity index (χ1v) is 7.69. The SMILES string of the molecule is CCN(CC)c1nc(N)nc(Nc2cccc(Cl)c2Br)n1. The average molecular weight is 372 g/mol. The number of nitrogen functional groups attached to an aromatic ring is 1. The maximum atomic E-state index is 6.06. The van der Waals surface area contributed by atoms with Crippen LogP contribution in [0.1, 0.15) is 13.8 Å². The summed E-state index contributed by atoms with van der Waals surface area (Å²) in [7, 11) is 0. The van der Waals surface area contributed by atoms with Gasteiger partial charge in [0.2, 0.25) is 17.8 Å². The highest BCUT2D eigenvalue weighted by Gasteiger charge is 2.11. The monoisotopic (exact) mass is 370 g/mol. The van der Waals surface area contributed by atoms with Crippen molar-refractivity contribution in [3.8, 4) is 0 Å². The molecule has 0 radical (unpaired) electrons. The van der Waals surface area contributed by atoms with Crippen molar-refractivity contribution in [3.05, 3.63) is 27.7 Å². The molecule has 2 rings (SSSR count). The van der Waals surface area contributed by atoms with Crippen LogP contribution in [0.5, 0.6) is 0 Å². The fourth-order valence-corrected chi connectivity index (χ4v) is 2.34. The smallest absolute Gasteiger partial charge is 0.233 e. The summed E-state index contributed by atoms with van der Waals surface area (Å²) in [5.41, 5.74) is 6.52. The van der Waals surface area contributed by atoms with Crippen LogP contribution in [0.4, 0.5) is 23.5 Å². The lowest BCUT2D eigenvalue weighted by molar-refractivity contribution is 0.816. The van der Waals surface area contributed by atoms with E-state index in [9.17, 15) is 0 Å². The van der Waals surface area contributed by atoms with E-state index in [1.807, 2.05) is 30.9 Å². The lowest BCUT2D eigenvalue weighted by Gasteiger charge is -2.19. The van der Waals surface area contributed by atoms with Crippen molar-refractivity contribution in [1.29, 1.82) is 0 Å². The van der Waals surface area contributed by atoms with E-state index in [2.05, 4.69) is 36.2 Å². The molecule has 0 aliphatic carbocycles. The van der Waals surface area contributed by atoms with Gasteiger partial charge in [-0.25, -0.2) is 0 Å². The van der Waals surface area contributed by atoms with Crippen LogP contribution >= 0.6 is 27.5 Å². The molecule has 6 nitrogen and oxygen atoms in total. The number of rotatable bonds is 5. The minimum absolute atomic E-state index is 0.174. The van der Waals surface area contributed by atoms with Gasteiger partial charge in [-0.3, -0.25) is 0 Å². The van der Waals surface area contributed by atoms with E-state index in [1.165, 1.54) is 0 Å². The van der Waals surface area contributed by atoms with Gasteiger partial charge in [-0.1, -0.05) is 17.7 Å². The molecule has 8 heteroatoms. The largest absolute Gasteiger partial charge is 0.368 e. The minimum Gasteiger partial charge on any atom is -0.368 e. The summed E-state index contributed by atoms with van der Waals surface area (Å²) >= 11 is 9.49. The summed E-state index contributed by atoms with van der Waals surface area (Å²) in [4.78, 5) is 14.7. The van der Waals surface area contributed by atoms with Gasteiger partial charge in [-0.05, 0) is 41.9 Å². The number of nitrogens with zero attached hydrogens (tertiary/aromatic N) is 4. The molecule has 1 heterocycles. The molecule has 1 aromatic carbocycles. The maximum absolute atomic E-state index is 6.06. The molecule has 112 valence electrons. The predicted octanol–water partition coefficient (Wildman–Crippen LogP) is 3.46. The highest BCUT2D eigenvalue weighted by molar-refractivity contribution is 9.10.